The van der Waals surface area contributed by atoms with Crippen molar-refractivity contribution in [2.24, 2.45) is 0 Å². The predicted octanol–water partition coefficient (Wildman–Crippen LogP) is 3.25. The number of urea groups is 1. The second-order valence-corrected chi connectivity index (χ2v) is 5.84. The van der Waals surface area contributed by atoms with Gasteiger partial charge in [0.1, 0.15) is 0 Å². The molecule has 2 aromatic heterocycles. The van der Waals surface area contributed by atoms with E-state index < -0.39 is 0 Å². The molecule has 3 rings (SSSR count). The molecule has 0 saturated heterocycles. The molecular weight excluding hydrogens is 318 g/mol. The summed E-state index contributed by atoms with van der Waals surface area (Å²) in [4.78, 5) is 20.4. The van der Waals surface area contributed by atoms with E-state index in [1.807, 2.05) is 50.2 Å². The summed E-state index contributed by atoms with van der Waals surface area (Å²) < 4.78 is 5.33. The third-order valence-electron chi connectivity index (χ3n) is 3.41. The monoisotopic (exact) mass is 337 g/mol. The number of hydrogen-bond acceptors (Lipinski definition) is 5. The molecule has 0 radical (unpaired) electrons. The predicted molar refractivity (Wildman–Crippen MR) is 94.1 cm³/mol. The van der Waals surface area contributed by atoms with Crippen LogP contribution in [0.15, 0.2) is 53.3 Å². The van der Waals surface area contributed by atoms with Crippen molar-refractivity contribution in [3.05, 3.63) is 60.2 Å². The van der Waals surface area contributed by atoms with Crippen LogP contribution in [-0.2, 0) is 6.42 Å². The second-order valence-electron chi connectivity index (χ2n) is 5.84. The Kier molecular flexibility index (Phi) is 5.03. The third-order valence-corrected chi connectivity index (χ3v) is 3.41. The zero-order valence-corrected chi connectivity index (χ0v) is 14.1. The first-order valence-electron chi connectivity index (χ1n) is 8.00. The maximum absolute atomic E-state index is 11.9. The Balaban J connectivity index is 1.75. The van der Waals surface area contributed by atoms with Crippen LogP contribution in [-0.4, -0.2) is 27.2 Å². The molecule has 0 saturated carbocycles. The van der Waals surface area contributed by atoms with Crippen molar-refractivity contribution in [2.75, 3.05) is 5.32 Å². The summed E-state index contributed by atoms with van der Waals surface area (Å²) in [5, 5.41) is 9.64. The fraction of sp³-hybridized carbons (Fsp3) is 0.222. The molecule has 0 aliphatic heterocycles. The molecule has 0 atom stereocenters. The minimum atomic E-state index is -0.246. The van der Waals surface area contributed by atoms with Gasteiger partial charge in [0.2, 0.25) is 11.7 Å². The van der Waals surface area contributed by atoms with Gasteiger partial charge in [-0.2, -0.15) is 4.98 Å². The van der Waals surface area contributed by atoms with Crippen molar-refractivity contribution in [1.29, 1.82) is 0 Å². The van der Waals surface area contributed by atoms with Crippen LogP contribution in [0.4, 0.5) is 10.5 Å². The van der Waals surface area contributed by atoms with Gasteiger partial charge in [-0.05, 0) is 37.6 Å². The van der Waals surface area contributed by atoms with Gasteiger partial charge in [-0.25, -0.2) is 4.79 Å². The normalized spacial score (nSPS) is 10.7. The fourth-order valence-corrected chi connectivity index (χ4v) is 2.32. The highest BCUT2D eigenvalue weighted by molar-refractivity contribution is 5.90. The van der Waals surface area contributed by atoms with Gasteiger partial charge in [0.25, 0.3) is 0 Å². The van der Waals surface area contributed by atoms with Crippen molar-refractivity contribution in [1.82, 2.24) is 20.4 Å². The first-order chi connectivity index (χ1) is 12.1. The van der Waals surface area contributed by atoms with Crippen molar-refractivity contribution >= 4 is 11.7 Å². The summed E-state index contributed by atoms with van der Waals surface area (Å²) in [6.07, 6.45) is 3.79. The maximum atomic E-state index is 11.9. The zero-order valence-electron chi connectivity index (χ0n) is 14.1. The average molecular weight is 337 g/mol. The number of carbonyl (C=O) groups is 1. The van der Waals surface area contributed by atoms with E-state index in [-0.39, 0.29) is 12.1 Å². The highest BCUT2D eigenvalue weighted by Crippen LogP contribution is 2.20. The van der Waals surface area contributed by atoms with Crippen LogP contribution in [0.5, 0.6) is 0 Å². The molecule has 2 heterocycles. The van der Waals surface area contributed by atoms with Crippen LogP contribution in [0.3, 0.4) is 0 Å². The number of aromatic nitrogens is 3. The minimum absolute atomic E-state index is 0.0603. The van der Waals surface area contributed by atoms with Crippen LogP contribution >= 0.6 is 0 Å². The van der Waals surface area contributed by atoms with Gasteiger partial charge in [-0.1, -0.05) is 23.4 Å². The molecule has 0 spiro atoms. The molecule has 7 heteroatoms. The van der Waals surface area contributed by atoms with Gasteiger partial charge >= 0.3 is 6.03 Å². The number of pyridine rings is 1. The summed E-state index contributed by atoms with van der Waals surface area (Å²) in [7, 11) is 0. The van der Waals surface area contributed by atoms with Crippen molar-refractivity contribution in [3.8, 4) is 11.4 Å². The average Bonchev–Trinajstić information content (AvgIpc) is 3.05. The van der Waals surface area contributed by atoms with E-state index in [2.05, 4.69) is 25.8 Å². The SMILES string of the molecule is CC(C)NC(=O)Nc1ccccc1Cc1nc(-c2cccnc2)no1. The number of nitrogens with one attached hydrogen (secondary N) is 2. The summed E-state index contributed by atoms with van der Waals surface area (Å²) in [5.41, 5.74) is 2.39. The first-order valence-corrected chi connectivity index (χ1v) is 8.00. The lowest BCUT2D eigenvalue weighted by atomic mass is 10.1. The van der Waals surface area contributed by atoms with Crippen molar-refractivity contribution in [3.63, 3.8) is 0 Å². The molecular formula is C18H19N5O2. The number of rotatable bonds is 5. The van der Waals surface area contributed by atoms with Crippen molar-refractivity contribution < 1.29 is 9.32 Å². The third kappa shape index (κ3) is 4.41. The van der Waals surface area contributed by atoms with E-state index in [9.17, 15) is 4.79 Å². The Hall–Kier alpha value is -3.22. The molecule has 3 aromatic rings. The quantitative estimate of drug-likeness (QED) is 0.745. The number of para-hydroxylation sites is 1. The highest BCUT2D eigenvalue weighted by atomic mass is 16.5. The molecule has 0 fully saturated rings. The number of carbonyl (C=O) groups excluding carboxylic acids is 1. The lowest BCUT2D eigenvalue weighted by Crippen LogP contribution is -2.34. The molecule has 7 nitrogen and oxygen atoms in total. The Labute approximate surface area is 145 Å². The lowest BCUT2D eigenvalue weighted by molar-refractivity contribution is 0.250. The molecule has 2 N–H and O–H groups in total. The Morgan fingerprint density at radius 2 is 2.04 bits per heavy atom. The van der Waals surface area contributed by atoms with Crippen LogP contribution in [0.1, 0.15) is 25.3 Å². The number of benzene rings is 1. The number of amides is 2. The van der Waals surface area contributed by atoms with Gasteiger partial charge in [0.15, 0.2) is 0 Å². The van der Waals surface area contributed by atoms with E-state index in [4.69, 9.17) is 4.52 Å². The van der Waals surface area contributed by atoms with Gasteiger partial charge in [0, 0.05) is 29.7 Å². The van der Waals surface area contributed by atoms with Crippen LogP contribution in [0.25, 0.3) is 11.4 Å². The first kappa shape index (κ1) is 16.6. The minimum Gasteiger partial charge on any atom is -0.339 e. The van der Waals surface area contributed by atoms with Gasteiger partial charge in [0.05, 0.1) is 6.42 Å². The number of nitrogens with zero attached hydrogens (tertiary/aromatic N) is 3. The molecule has 128 valence electrons. The van der Waals surface area contributed by atoms with E-state index in [0.29, 0.717) is 23.8 Å². The second kappa shape index (κ2) is 7.57. The van der Waals surface area contributed by atoms with E-state index in [1.165, 1.54) is 0 Å². The molecule has 2 amide bonds. The Morgan fingerprint density at radius 1 is 1.20 bits per heavy atom. The fourth-order valence-electron chi connectivity index (χ4n) is 2.32. The summed E-state index contributed by atoms with van der Waals surface area (Å²) in [6, 6.07) is 11.0. The van der Waals surface area contributed by atoms with Crippen LogP contribution < -0.4 is 10.6 Å². The maximum Gasteiger partial charge on any atom is 0.319 e. The van der Waals surface area contributed by atoms with E-state index in [0.717, 1.165) is 11.1 Å². The topological polar surface area (TPSA) is 92.9 Å². The number of hydrogen-bond donors (Lipinski definition) is 2. The smallest absolute Gasteiger partial charge is 0.319 e. The van der Waals surface area contributed by atoms with Gasteiger partial charge in [-0.15, -0.1) is 0 Å². The molecule has 0 bridgehead atoms. The zero-order chi connectivity index (χ0) is 17.6. The standard InChI is InChI=1S/C18H19N5O2/c1-12(2)20-18(24)21-15-8-4-3-6-13(15)10-16-22-17(23-25-16)14-7-5-9-19-11-14/h3-9,11-12H,10H2,1-2H3,(H2,20,21,24). The van der Waals surface area contributed by atoms with Crippen molar-refractivity contribution in [2.45, 2.75) is 26.3 Å². The van der Waals surface area contributed by atoms with Gasteiger partial charge in [-0.3, -0.25) is 4.98 Å². The Morgan fingerprint density at radius 3 is 2.80 bits per heavy atom. The van der Waals surface area contributed by atoms with Gasteiger partial charge < -0.3 is 15.2 Å². The summed E-state index contributed by atoms with van der Waals surface area (Å²) >= 11 is 0. The molecule has 0 aliphatic rings. The van der Waals surface area contributed by atoms with Crippen LogP contribution in [0.2, 0.25) is 0 Å². The highest BCUT2D eigenvalue weighted by Gasteiger charge is 2.13. The lowest BCUT2D eigenvalue weighted by Gasteiger charge is -2.12. The summed E-state index contributed by atoms with van der Waals surface area (Å²) in [5.74, 6) is 0.962. The largest absolute Gasteiger partial charge is 0.339 e. The van der Waals surface area contributed by atoms with E-state index in [1.54, 1.807) is 12.4 Å². The Bertz CT molecular complexity index is 845. The van der Waals surface area contributed by atoms with Crippen LogP contribution in [0, 0.1) is 0 Å². The van der Waals surface area contributed by atoms with E-state index >= 15 is 0 Å². The molecule has 0 unspecified atom stereocenters. The molecule has 0 aliphatic carbocycles. The molecule has 1 aromatic carbocycles. The summed E-state index contributed by atoms with van der Waals surface area (Å²) in [6.45, 7) is 3.81. The molecule has 25 heavy (non-hydrogen) atoms. The number of anilines is 1.